The molecule has 0 atom stereocenters. The Balaban J connectivity index is 1.75. The highest BCUT2D eigenvalue weighted by Crippen LogP contribution is 2.09. The Kier molecular flexibility index (Phi) is 6.71. The third-order valence-electron chi connectivity index (χ3n) is 4.22. The lowest BCUT2D eigenvalue weighted by Gasteiger charge is -2.10. The molecule has 2 aromatic heterocycles. The van der Waals surface area contributed by atoms with Crippen molar-refractivity contribution in [3.63, 3.8) is 0 Å². The molecule has 0 bridgehead atoms. The molecule has 3 aromatic rings. The van der Waals surface area contributed by atoms with Gasteiger partial charge in [-0.3, -0.25) is 18.8 Å². The topological polar surface area (TPSA) is 125 Å². The maximum Gasteiger partial charge on any atom is 0.281 e. The largest absolute Gasteiger partial charge is 0.395 e. The van der Waals surface area contributed by atoms with E-state index >= 15 is 0 Å². The highest BCUT2D eigenvalue weighted by Gasteiger charge is 2.14. The van der Waals surface area contributed by atoms with Crippen molar-refractivity contribution in [3.05, 3.63) is 76.1 Å². The van der Waals surface area contributed by atoms with E-state index in [-0.39, 0.29) is 54.9 Å². The van der Waals surface area contributed by atoms with Gasteiger partial charge in [0.2, 0.25) is 5.91 Å². The monoisotopic (exact) mass is 413 g/mol. The summed E-state index contributed by atoms with van der Waals surface area (Å²) in [7, 11) is 0. The Morgan fingerprint density at radius 1 is 1.13 bits per heavy atom. The lowest BCUT2D eigenvalue weighted by molar-refractivity contribution is -0.119. The van der Waals surface area contributed by atoms with Crippen LogP contribution in [-0.2, 0) is 11.3 Å². The quantitative estimate of drug-likeness (QED) is 0.421. The van der Waals surface area contributed by atoms with Gasteiger partial charge in [0, 0.05) is 19.3 Å². The summed E-state index contributed by atoms with van der Waals surface area (Å²) in [6.07, 6.45) is 2.73. The number of hydrogen-bond acceptors (Lipinski definition) is 6. The maximum absolute atomic E-state index is 13.0. The van der Waals surface area contributed by atoms with Crippen LogP contribution in [-0.4, -0.2) is 46.0 Å². The molecule has 30 heavy (non-hydrogen) atoms. The first kappa shape index (κ1) is 20.9. The Hall–Kier alpha value is -3.79. The molecular weight excluding hydrogens is 393 g/mol. The van der Waals surface area contributed by atoms with Crippen molar-refractivity contribution >= 4 is 23.1 Å². The van der Waals surface area contributed by atoms with E-state index in [1.807, 2.05) is 0 Å². The van der Waals surface area contributed by atoms with Crippen LogP contribution >= 0.6 is 0 Å². The molecule has 0 radical (unpaired) electrons. The van der Waals surface area contributed by atoms with E-state index in [9.17, 15) is 18.8 Å². The average Bonchev–Trinajstić information content (AvgIpc) is 2.76. The van der Waals surface area contributed by atoms with Gasteiger partial charge < -0.3 is 21.1 Å². The van der Waals surface area contributed by atoms with Gasteiger partial charge in [-0.25, -0.2) is 9.37 Å². The normalized spacial score (nSPS) is 10.6. The van der Waals surface area contributed by atoms with E-state index in [1.165, 1.54) is 35.0 Å². The van der Waals surface area contributed by atoms with Gasteiger partial charge in [0.05, 0.1) is 24.9 Å². The van der Waals surface area contributed by atoms with Gasteiger partial charge in [-0.2, -0.15) is 0 Å². The molecule has 156 valence electrons. The highest BCUT2D eigenvalue weighted by atomic mass is 19.1. The summed E-state index contributed by atoms with van der Waals surface area (Å²) in [6, 6.07) is 8.82. The standard InChI is InChI=1S/C20H20FN5O4/c21-14-5-3-13(4-6-14)10-25-19(29)15-2-1-8-26-18(15)24-11-16(20(26)30)23-12-17(28)22-7-9-27/h1-6,8,11,23,27H,7,9-10,12H2,(H,22,28)(H,25,29). The third-order valence-corrected chi connectivity index (χ3v) is 4.22. The predicted molar refractivity (Wildman–Crippen MR) is 108 cm³/mol. The maximum atomic E-state index is 13.0. The number of hydrogen-bond donors (Lipinski definition) is 4. The zero-order valence-corrected chi connectivity index (χ0v) is 15.9. The minimum atomic E-state index is -0.469. The third kappa shape index (κ3) is 4.97. The SMILES string of the molecule is O=C(CNc1cnc2c(C(=O)NCc3ccc(F)cc3)cccn2c1=O)NCCO. The Morgan fingerprint density at radius 2 is 1.90 bits per heavy atom. The molecule has 0 unspecified atom stereocenters. The second-order valence-corrected chi connectivity index (χ2v) is 6.33. The molecule has 10 heteroatoms. The summed E-state index contributed by atoms with van der Waals surface area (Å²) >= 11 is 0. The van der Waals surface area contributed by atoms with Crippen LogP contribution in [0.3, 0.4) is 0 Å². The van der Waals surface area contributed by atoms with E-state index < -0.39 is 11.5 Å². The summed E-state index contributed by atoms with van der Waals surface area (Å²) in [5.74, 6) is -1.19. The highest BCUT2D eigenvalue weighted by molar-refractivity contribution is 5.99. The lowest BCUT2D eigenvalue weighted by atomic mass is 10.2. The van der Waals surface area contributed by atoms with Crippen LogP contribution in [0.2, 0.25) is 0 Å². The number of carbonyl (C=O) groups excluding carboxylic acids is 2. The number of rotatable bonds is 8. The van der Waals surface area contributed by atoms with Crippen molar-refractivity contribution in [2.75, 3.05) is 25.0 Å². The smallest absolute Gasteiger partial charge is 0.281 e. The Labute approximate surface area is 170 Å². The zero-order chi connectivity index (χ0) is 21.5. The molecule has 4 N–H and O–H groups in total. The van der Waals surface area contributed by atoms with Gasteiger partial charge >= 0.3 is 0 Å². The molecule has 3 rings (SSSR count). The van der Waals surface area contributed by atoms with Crippen molar-refractivity contribution in [1.82, 2.24) is 20.0 Å². The minimum absolute atomic E-state index is 0.0931. The summed E-state index contributed by atoms with van der Waals surface area (Å²) in [6.45, 7) is -0.0440. The van der Waals surface area contributed by atoms with Crippen molar-refractivity contribution < 1.29 is 19.1 Å². The molecule has 0 saturated heterocycles. The fraction of sp³-hybridized carbons (Fsp3) is 0.200. The number of carbonyl (C=O) groups is 2. The first-order chi connectivity index (χ1) is 14.5. The number of aromatic nitrogens is 2. The second kappa shape index (κ2) is 9.61. The number of amides is 2. The zero-order valence-electron chi connectivity index (χ0n) is 15.9. The number of aliphatic hydroxyl groups excluding tert-OH is 1. The number of fused-ring (bicyclic) bond motifs is 1. The number of nitrogens with one attached hydrogen (secondary N) is 3. The van der Waals surface area contributed by atoms with E-state index in [0.29, 0.717) is 0 Å². The molecule has 0 aliphatic carbocycles. The van der Waals surface area contributed by atoms with Crippen LogP contribution in [0.25, 0.3) is 5.65 Å². The Morgan fingerprint density at radius 3 is 2.63 bits per heavy atom. The number of nitrogens with zero attached hydrogens (tertiary/aromatic N) is 2. The summed E-state index contributed by atoms with van der Waals surface area (Å²) in [4.78, 5) is 41.0. The van der Waals surface area contributed by atoms with Crippen LogP contribution in [0.15, 0.2) is 53.6 Å². The molecule has 2 heterocycles. The van der Waals surface area contributed by atoms with Gasteiger partial charge in [0.25, 0.3) is 11.5 Å². The molecule has 0 fully saturated rings. The van der Waals surface area contributed by atoms with Crippen LogP contribution in [0.1, 0.15) is 15.9 Å². The number of aliphatic hydroxyl groups is 1. The van der Waals surface area contributed by atoms with Crippen LogP contribution in [0.4, 0.5) is 10.1 Å². The van der Waals surface area contributed by atoms with Crippen molar-refractivity contribution in [2.24, 2.45) is 0 Å². The summed E-state index contributed by atoms with van der Waals surface area (Å²) < 4.78 is 14.2. The van der Waals surface area contributed by atoms with Crippen LogP contribution in [0, 0.1) is 5.82 Å². The lowest BCUT2D eigenvalue weighted by Crippen LogP contribution is -2.33. The Bertz CT molecular complexity index is 1110. The molecule has 0 aliphatic rings. The molecule has 9 nitrogen and oxygen atoms in total. The summed E-state index contributed by atoms with van der Waals surface area (Å²) in [5, 5.41) is 16.6. The second-order valence-electron chi connectivity index (χ2n) is 6.33. The first-order valence-electron chi connectivity index (χ1n) is 9.14. The van der Waals surface area contributed by atoms with Crippen LogP contribution < -0.4 is 21.5 Å². The molecule has 0 spiro atoms. The fourth-order valence-electron chi connectivity index (χ4n) is 2.72. The van der Waals surface area contributed by atoms with E-state index in [0.717, 1.165) is 5.56 Å². The number of anilines is 1. The van der Waals surface area contributed by atoms with Gasteiger partial charge in [-0.15, -0.1) is 0 Å². The first-order valence-corrected chi connectivity index (χ1v) is 9.14. The number of benzene rings is 1. The number of halogens is 1. The van der Waals surface area contributed by atoms with Crippen molar-refractivity contribution in [3.8, 4) is 0 Å². The number of pyridine rings is 1. The molecule has 0 saturated carbocycles. The molecular formula is C20H20FN5O4. The van der Waals surface area contributed by atoms with Gasteiger partial charge in [-0.05, 0) is 29.8 Å². The van der Waals surface area contributed by atoms with Gasteiger partial charge in [-0.1, -0.05) is 12.1 Å². The minimum Gasteiger partial charge on any atom is -0.395 e. The average molecular weight is 413 g/mol. The van der Waals surface area contributed by atoms with Crippen molar-refractivity contribution in [2.45, 2.75) is 6.54 Å². The molecule has 1 aromatic carbocycles. The molecule has 2 amide bonds. The summed E-state index contributed by atoms with van der Waals surface area (Å²) in [5.41, 5.74) is 0.707. The van der Waals surface area contributed by atoms with Crippen molar-refractivity contribution in [1.29, 1.82) is 0 Å². The van der Waals surface area contributed by atoms with Gasteiger partial charge in [0.1, 0.15) is 11.5 Å². The van der Waals surface area contributed by atoms with Gasteiger partial charge in [0.15, 0.2) is 5.65 Å². The van der Waals surface area contributed by atoms with E-state index in [1.54, 1.807) is 18.2 Å². The fourth-order valence-corrected chi connectivity index (χ4v) is 2.72. The molecule has 0 aliphatic heterocycles. The van der Waals surface area contributed by atoms with Crippen LogP contribution in [0.5, 0.6) is 0 Å². The predicted octanol–water partition coefficient (Wildman–Crippen LogP) is 0.284. The van der Waals surface area contributed by atoms with E-state index in [4.69, 9.17) is 5.11 Å². The van der Waals surface area contributed by atoms with E-state index in [2.05, 4.69) is 20.9 Å².